The van der Waals surface area contributed by atoms with Crippen molar-refractivity contribution in [3.63, 3.8) is 0 Å². The van der Waals surface area contributed by atoms with Gasteiger partial charge in [-0.15, -0.1) is 0 Å². The van der Waals surface area contributed by atoms with Gasteiger partial charge in [-0.05, 0) is 24.6 Å². The average molecular weight is 131 g/mol. The van der Waals surface area contributed by atoms with E-state index in [1.165, 1.54) is 0 Å². The molecule has 1 aromatic carbocycles. The van der Waals surface area contributed by atoms with Crippen molar-refractivity contribution in [3.8, 4) is 0 Å². The molecule has 0 unspecified atom stereocenters. The van der Waals surface area contributed by atoms with E-state index in [-0.39, 0.29) is 0 Å². The third-order valence-corrected chi connectivity index (χ3v) is 1.50. The van der Waals surface area contributed by atoms with Crippen LogP contribution in [0.5, 0.6) is 0 Å². The van der Waals surface area contributed by atoms with Gasteiger partial charge in [-0.3, -0.25) is 5.10 Å². The van der Waals surface area contributed by atoms with E-state index in [1.807, 2.05) is 18.2 Å². The Hall–Kier alpha value is -1.31. The molecule has 2 nitrogen and oxygen atoms in total. The fraction of sp³-hybridized carbons (Fsp3) is 0. The zero-order chi connectivity index (χ0) is 6.97. The predicted molar refractivity (Wildman–Crippen MR) is 40.6 cm³/mol. The van der Waals surface area contributed by atoms with Crippen LogP contribution < -0.4 is 0 Å². The lowest BCUT2D eigenvalue weighted by atomic mass is 10.2. The van der Waals surface area contributed by atoms with Gasteiger partial charge in [0.05, 0.1) is 11.7 Å². The maximum absolute atomic E-state index is 3.89. The maximum Gasteiger partial charge on any atom is 0.0650 e. The number of benzene rings is 1. The van der Waals surface area contributed by atoms with E-state index in [0.29, 0.717) is 0 Å². The van der Waals surface area contributed by atoms with Gasteiger partial charge in [-0.1, -0.05) is 6.07 Å². The Morgan fingerprint density at radius 3 is 3.20 bits per heavy atom. The lowest BCUT2D eigenvalue weighted by Gasteiger charge is -1.89. The summed E-state index contributed by atoms with van der Waals surface area (Å²) in [6, 6.07) is 5.93. The van der Waals surface area contributed by atoms with Crippen molar-refractivity contribution in [2.75, 3.05) is 0 Å². The molecule has 1 heterocycles. The lowest BCUT2D eigenvalue weighted by Crippen LogP contribution is -1.70. The standard InChI is InChI=1S/C8H7N2/c1-6-2-3-8-7(4-6)5-9-10-8/h2-5H,1H2,(H,9,10). The fourth-order valence-corrected chi connectivity index (χ4v) is 0.992. The van der Waals surface area contributed by atoms with Gasteiger partial charge in [0.15, 0.2) is 0 Å². The van der Waals surface area contributed by atoms with E-state index >= 15 is 0 Å². The molecule has 1 N–H and O–H groups in total. The first kappa shape index (κ1) is 5.47. The minimum absolute atomic E-state index is 1.02. The van der Waals surface area contributed by atoms with Gasteiger partial charge in [0.2, 0.25) is 0 Å². The number of rotatable bonds is 0. The predicted octanol–water partition coefficient (Wildman–Crippen LogP) is 1.75. The van der Waals surface area contributed by atoms with Crippen molar-refractivity contribution in [2.24, 2.45) is 0 Å². The maximum atomic E-state index is 3.89. The second-order valence-corrected chi connectivity index (χ2v) is 2.29. The van der Waals surface area contributed by atoms with Crippen molar-refractivity contribution in [2.45, 2.75) is 0 Å². The largest absolute Gasteiger partial charge is 0.278 e. The monoisotopic (exact) mass is 131 g/mol. The molecular weight excluding hydrogens is 124 g/mol. The van der Waals surface area contributed by atoms with Crippen LogP contribution in [0.25, 0.3) is 10.9 Å². The number of fused-ring (bicyclic) bond motifs is 1. The molecule has 0 atom stereocenters. The molecule has 1 aromatic heterocycles. The topological polar surface area (TPSA) is 28.7 Å². The molecule has 0 fully saturated rings. The van der Waals surface area contributed by atoms with Gasteiger partial charge in [0, 0.05) is 5.39 Å². The van der Waals surface area contributed by atoms with Crippen molar-refractivity contribution >= 4 is 10.9 Å². The summed E-state index contributed by atoms with van der Waals surface area (Å²) in [5, 5.41) is 7.88. The van der Waals surface area contributed by atoms with Crippen LogP contribution in [-0.2, 0) is 0 Å². The van der Waals surface area contributed by atoms with E-state index in [4.69, 9.17) is 0 Å². The minimum atomic E-state index is 1.02. The number of hydrogen-bond donors (Lipinski definition) is 1. The molecule has 0 saturated heterocycles. The zero-order valence-corrected chi connectivity index (χ0v) is 5.46. The molecule has 10 heavy (non-hydrogen) atoms. The first-order valence-corrected chi connectivity index (χ1v) is 3.11. The number of H-pyrrole nitrogens is 1. The summed E-state index contributed by atoms with van der Waals surface area (Å²) in [4.78, 5) is 0. The van der Waals surface area contributed by atoms with Crippen LogP contribution >= 0.6 is 0 Å². The molecule has 0 aliphatic heterocycles. The van der Waals surface area contributed by atoms with Gasteiger partial charge in [-0.2, -0.15) is 5.10 Å². The third-order valence-electron chi connectivity index (χ3n) is 1.50. The molecule has 0 aliphatic rings. The summed E-state index contributed by atoms with van der Waals surface area (Å²) in [7, 11) is 0. The van der Waals surface area contributed by atoms with Crippen molar-refractivity contribution in [3.05, 3.63) is 36.9 Å². The van der Waals surface area contributed by atoms with Crippen LogP contribution in [0, 0.1) is 6.92 Å². The summed E-state index contributed by atoms with van der Waals surface area (Å²) in [5.41, 5.74) is 2.08. The minimum Gasteiger partial charge on any atom is -0.278 e. The normalized spacial score (nSPS) is 10.5. The summed E-state index contributed by atoms with van der Waals surface area (Å²) >= 11 is 0. The number of aromatic amines is 1. The van der Waals surface area contributed by atoms with Gasteiger partial charge >= 0.3 is 0 Å². The summed E-state index contributed by atoms with van der Waals surface area (Å²) < 4.78 is 0. The van der Waals surface area contributed by atoms with Crippen LogP contribution in [0.4, 0.5) is 0 Å². The van der Waals surface area contributed by atoms with Gasteiger partial charge in [0.25, 0.3) is 0 Å². The molecule has 1 radical (unpaired) electrons. The van der Waals surface area contributed by atoms with Gasteiger partial charge in [-0.25, -0.2) is 0 Å². The number of aromatic nitrogens is 2. The zero-order valence-electron chi connectivity index (χ0n) is 5.46. The third kappa shape index (κ3) is 0.692. The molecule has 2 aromatic rings. The highest BCUT2D eigenvalue weighted by Crippen LogP contribution is 2.11. The molecule has 2 rings (SSSR count). The molecule has 2 heteroatoms. The first-order valence-electron chi connectivity index (χ1n) is 3.11. The van der Waals surface area contributed by atoms with Crippen LogP contribution in [0.15, 0.2) is 24.4 Å². The van der Waals surface area contributed by atoms with Gasteiger partial charge in [0.1, 0.15) is 0 Å². The van der Waals surface area contributed by atoms with E-state index in [2.05, 4.69) is 17.1 Å². The number of nitrogens with one attached hydrogen (secondary N) is 1. The van der Waals surface area contributed by atoms with E-state index < -0.39 is 0 Å². The Balaban J connectivity index is 2.86. The van der Waals surface area contributed by atoms with Crippen molar-refractivity contribution in [1.82, 2.24) is 10.2 Å². The van der Waals surface area contributed by atoms with Crippen LogP contribution in [-0.4, -0.2) is 10.2 Å². The number of hydrogen-bond acceptors (Lipinski definition) is 1. The Morgan fingerprint density at radius 2 is 2.30 bits per heavy atom. The molecule has 0 saturated carbocycles. The average Bonchev–Trinajstić information content (AvgIpc) is 2.33. The number of nitrogens with zero attached hydrogens (tertiary/aromatic N) is 1. The summed E-state index contributed by atoms with van der Waals surface area (Å²) in [6.07, 6.45) is 1.80. The highest BCUT2D eigenvalue weighted by atomic mass is 15.1. The quantitative estimate of drug-likeness (QED) is 0.579. The molecule has 0 bridgehead atoms. The summed E-state index contributed by atoms with van der Waals surface area (Å²) in [5.74, 6) is 0. The summed E-state index contributed by atoms with van der Waals surface area (Å²) in [6.45, 7) is 3.81. The lowest BCUT2D eigenvalue weighted by molar-refractivity contribution is 1.12. The molecule has 0 spiro atoms. The Kier molecular flexibility index (Phi) is 1.01. The molecular formula is C8H7N2. The van der Waals surface area contributed by atoms with Crippen LogP contribution in [0.1, 0.15) is 5.56 Å². The van der Waals surface area contributed by atoms with Crippen molar-refractivity contribution < 1.29 is 0 Å². The Bertz CT molecular complexity index is 349. The second-order valence-electron chi connectivity index (χ2n) is 2.29. The molecule has 0 amide bonds. The Morgan fingerprint density at radius 1 is 1.40 bits per heavy atom. The Labute approximate surface area is 58.9 Å². The van der Waals surface area contributed by atoms with E-state index in [0.717, 1.165) is 16.5 Å². The van der Waals surface area contributed by atoms with Crippen LogP contribution in [0.3, 0.4) is 0 Å². The van der Waals surface area contributed by atoms with E-state index in [9.17, 15) is 0 Å². The van der Waals surface area contributed by atoms with Crippen LogP contribution in [0.2, 0.25) is 0 Å². The molecule has 0 aliphatic carbocycles. The first-order chi connectivity index (χ1) is 4.86. The SMILES string of the molecule is [CH2]c1ccc2[nH]ncc2c1. The highest BCUT2D eigenvalue weighted by Gasteiger charge is 1.92. The second kappa shape index (κ2) is 1.84. The fourth-order valence-electron chi connectivity index (χ4n) is 0.992. The van der Waals surface area contributed by atoms with E-state index in [1.54, 1.807) is 6.20 Å². The van der Waals surface area contributed by atoms with Gasteiger partial charge < -0.3 is 0 Å². The highest BCUT2D eigenvalue weighted by molar-refractivity contribution is 5.78. The molecule has 49 valence electrons. The van der Waals surface area contributed by atoms with Crippen molar-refractivity contribution in [1.29, 1.82) is 0 Å². The smallest absolute Gasteiger partial charge is 0.0650 e.